The molecule has 0 aliphatic carbocycles. The van der Waals surface area contributed by atoms with Gasteiger partial charge in [0.25, 0.3) is 0 Å². The first-order valence-corrected chi connectivity index (χ1v) is 9.53. The highest BCUT2D eigenvalue weighted by atomic mass is 32.2. The molecule has 3 aromatic rings. The maximum atomic E-state index is 12.4. The summed E-state index contributed by atoms with van der Waals surface area (Å²) < 4.78 is 30.2. The van der Waals surface area contributed by atoms with Gasteiger partial charge >= 0.3 is 0 Å². The SMILES string of the molecule is Cc1onc(-c2cccc(-c3ccccc3)c2S(N)(=O)=O)c1C(C)C. The van der Waals surface area contributed by atoms with Gasteiger partial charge in [0.15, 0.2) is 0 Å². The Balaban J connectivity index is 2.37. The maximum Gasteiger partial charge on any atom is 0.239 e. The number of hydrogen-bond acceptors (Lipinski definition) is 4. The van der Waals surface area contributed by atoms with Crippen LogP contribution in [0.4, 0.5) is 0 Å². The van der Waals surface area contributed by atoms with Crippen LogP contribution in [0.5, 0.6) is 0 Å². The van der Waals surface area contributed by atoms with Gasteiger partial charge in [-0.1, -0.05) is 67.5 Å². The molecule has 0 amide bonds. The maximum absolute atomic E-state index is 12.4. The van der Waals surface area contributed by atoms with Gasteiger partial charge in [0.05, 0.1) is 4.90 Å². The standard InChI is InChI=1S/C19H20N2O3S/c1-12(2)17-13(3)24-21-18(17)16-11-7-10-15(19(16)25(20,22)23)14-8-5-4-6-9-14/h4-12H,1-3H3,(H2,20,22,23). The minimum atomic E-state index is -3.98. The van der Waals surface area contributed by atoms with Crippen LogP contribution in [0.15, 0.2) is 57.9 Å². The summed E-state index contributed by atoms with van der Waals surface area (Å²) in [7, 11) is -3.98. The molecular formula is C19H20N2O3S. The molecule has 6 heteroatoms. The second kappa shape index (κ2) is 6.46. The van der Waals surface area contributed by atoms with E-state index in [4.69, 9.17) is 9.66 Å². The molecule has 3 rings (SSSR count). The minimum Gasteiger partial charge on any atom is -0.361 e. The van der Waals surface area contributed by atoms with Crippen molar-refractivity contribution in [2.24, 2.45) is 5.14 Å². The third-order valence-electron chi connectivity index (χ3n) is 4.13. The third-order valence-corrected chi connectivity index (χ3v) is 5.13. The highest BCUT2D eigenvalue weighted by Gasteiger charge is 2.26. The van der Waals surface area contributed by atoms with Gasteiger partial charge in [-0.3, -0.25) is 0 Å². The normalized spacial score (nSPS) is 11.9. The molecule has 0 aliphatic rings. The van der Waals surface area contributed by atoms with E-state index in [-0.39, 0.29) is 10.8 Å². The van der Waals surface area contributed by atoms with E-state index in [1.807, 2.05) is 51.1 Å². The van der Waals surface area contributed by atoms with Crippen LogP contribution in [0.2, 0.25) is 0 Å². The summed E-state index contributed by atoms with van der Waals surface area (Å²) in [6.45, 7) is 5.85. The van der Waals surface area contributed by atoms with Crippen molar-refractivity contribution in [2.45, 2.75) is 31.6 Å². The molecule has 5 nitrogen and oxygen atoms in total. The van der Waals surface area contributed by atoms with Crippen LogP contribution in [-0.4, -0.2) is 13.6 Å². The molecule has 0 unspecified atom stereocenters. The van der Waals surface area contributed by atoms with E-state index < -0.39 is 10.0 Å². The molecule has 25 heavy (non-hydrogen) atoms. The molecule has 0 saturated carbocycles. The predicted molar refractivity (Wildman–Crippen MR) is 97.6 cm³/mol. The van der Waals surface area contributed by atoms with Gasteiger partial charge in [0, 0.05) is 16.7 Å². The number of nitrogens with two attached hydrogens (primary N) is 1. The zero-order valence-corrected chi connectivity index (χ0v) is 15.2. The molecule has 0 radical (unpaired) electrons. The Hall–Kier alpha value is -2.44. The van der Waals surface area contributed by atoms with Crippen LogP contribution < -0.4 is 5.14 Å². The summed E-state index contributed by atoms with van der Waals surface area (Å²) in [4.78, 5) is 0.0661. The predicted octanol–water partition coefficient (Wildman–Crippen LogP) is 4.09. The zero-order chi connectivity index (χ0) is 18.2. The molecule has 1 aromatic heterocycles. The molecule has 0 fully saturated rings. The molecule has 0 atom stereocenters. The van der Waals surface area contributed by atoms with Crippen molar-refractivity contribution in [1.29, 1.82) is 0 Å². The minimum absolute atomic E-state index is 0.0661. The van der Waals surface area contributed by atoms with Gasteiger partial charge in [0.1, 0.15) is 11.5 Å². The van der Waals surface area contributed by atoms with E-state index >= 15 is 0 Å². The van der Waals surface area contributed by atoms with E-state index in [0.29, 0.717) is 22.6 Å². The molecule has 1 heterocycles. The second-order valence-corrected chi connectivity index (χ2v) is 7.75. The Morgan fingerprint density at radius 1 is 1.00 bits per heavy atom. The van der Waals surface area contributed by atoms with Gasteiger partial charge in [-0.05, 0) is 18.4 Å². The first-order valence-electron chi connectivity index (χ1n) is 7.98. The van der Waals surface area contributed by atoms with Crippen LogP contribution in [0, 0.1) is 6.92 Å². The summed E-state index contributed by atoms with van der Waals surface area (Å²) in [6, 6.07) is 14.6. The van der Waals surface area contributed by atoms with Gasteiger partial charge in [-0.15, -0.1) is 0 Å². The largest absolute Gasteiger partial charge is 0.361 e. The van der Waals surface area contributed by atoms with E-state index in [9.17, 15) is 8.42 Å². The molecule has 0 bridgehead atoms. The summed E-state index contributed by atoms with van der Waals surface area (Å²) in [5.74, 6) is 0.811. The summed E-state index contributed by atoms with van der Waals surface area (Å²) in [6.07, 6.45) is 0. The number of aromatic nitrogens is 1. The highest BCUT2D eigenvalue weighted by molar-refractivity contribution is 7.89. The van der Waals surface area contributed by atoms with Crippen molar-refractivity contribution < 1.29 is 12.9 Å². The lowest BCUT2D eigenvalue weighted by molar-refractivity contribution is 0.397. The van der Waals surface area contributed by atoms with Gasteiger partial charge < -0.3 is 4.52 Å². The average Bonchev–Trinajstić information content (AvgIpc) is 2.96. The van der Waals surface area contributed by atoms with Crippen LogP contribution >= 0.6 is 0 Å². The average molecular weight is 356 g/mol. The van der Waals surface area contributed by atoms with Gasteiger partial charge in [-0.2, -0.15) is 0 Å². The number of aryl methyl sites for hydroxylation is 1. The van der Waals surface area contributed by atoms with Crippen LogP contribution in [0.3, 0.4) is 0 Å². The Morgan fingerprint density at radius 2 is 1.64 bits per heavy atom. The first-order chi connectivity index (χ1) is 11.8. The van der Waals surface area contributed by atoms with E-state index in [1.54, 1.807) is 18.2 Å². The monoisotopic (exact) mass is 356 g/mol. The fraction of sp³-hybridized carbons (Fsp3) is 0.211. The zero-order valence-electron chi connectivity index (χ0n) is 14.4. The van der Waals surface area contributed by atoms with Crippen molar-refractivity contribution in [2.75, 3.05) is 0 Å². The molecular weight excluding hydrogens is 336 g/mol. The molecule has 2 aromatic carbocycles. The van der Waals surface area contributed by atoms with Crippen molar-refractivity contribution in [3.05, 3.63) is 59.9 Å². The topological polar surface area (TPSA) is 86.2 Å². The van der Waals surface area contributed by atoms with Crippen LogP contribution in [0.25, 0.3) is 22.4 Å². The number of sulfonamides is 1. The Morgan fingerprint density at radius 3 is 2.24 bits per heavy atom. The van der Waals surface area contributed by atoms with Gasteiger partial charge in [0.2, 0.25) is 10.0 Å². The van der Waals surface area contributed by atoms with Crippen LogP contribution in [-0.2, 0) is 10.0 Å². The Kier molecular flexibility index (Phi) is 4.49. The molecule has 2 N–H and O–H groups in total. The first kappa shape index (κ1) is 17.4. The second-order valence-electron chi connectivity index (χ2n) is 6.25. The lowest BCUT2D eigenvalue weighted by Gasteiger charge is -2.14. The van der Waals surface area contributed by atoms with Crippen molar-refractivity contribution >= 4 is 10.0 Å². The van der Waals surface area contributed by atoms with Crippen molar-refractivity contribution in [1.82, 2.24) is 5.16 Å². The number of hydrogen-bond donors (Lipinski definition) is 1. The number of nitrogens with zero attached hydrogens (tertiary/aromatic N) is 1. The van der Waals surface area contributed by atoms with Gasteiger partial charge in [-0.25, -0.2) is 13.6 Å². The summed E-state index contributed by atoms with van der Waals surface area (Å²) in [5.41, 5.74) is 3.20. The smallest absolute Gasteiger partial charge is 0.239 e. The molecule has 0 saturated heterocycles. The number of primary sulfonamides is 1. The Labute approximate surface area is 147 Å². The quantitative estimate of drug-likeness (QED) is 0.763. The molecule has 0 spiro atoms. The lowest BCUT2D eigenvalue weighted by Crippen LogP contribution is -2.15. The number of rotatable bonds is 4. The Bertz CT molecular complexity index is 1010. The van der Waals surface area contributed by atoms with Crippen molar-refractivity contribution in [3.8, 4) is 22.4 Å². The van der Waals surface area contributed by atoms with E-state index in [0.717, 1.165) is 11.1 Å². The van der Waals surface area contributed by atoms with E-state index in [1.165, 1.54) is 0 Å². The fourth-order valence-corrected chi connectivity index (χ4v) is 4.09. The van der Waals surface area contributed by atoms with Crippen molar-refractivity contribution in [3.63, 3.8) is 0 Å². The fourth-order valence-electron chi connectivity index (χ4n) is 3.13. The highest BCUT2D eigenvalue weighted by Crippen LogP contribution is 2.38. The van der Waals surface area contributed by atoms with E-state index in [2.05, 4.69) is 5.16 Å². The van der Waals surface area contributed by atoms with Crippen LogP contribution in [0.1, 0.15) is 31.1 Å². The summed E-state index contributed by atoms with van der Waals surface area (Å²) in [5, 5.41) is 9.70. The lowest BCUT2D eigenvalue weighted by atomic mass is 9.95. The third kappa shape index (κ3) is 3.23. The molecule has 0 aliphatic heterocycles. The summed E-state index contributed by atoms with van der Waals surface area (Å²) >= 11 is 0. The number of benzene rings is 2. The molecule has 130 valence electrons.